The van der Waals surface area contributed by atoms with Crippen molar-refractivity contribution in [1.29, 1.82) is 0 Å². The Kier molecular flexibility index (Phi) is 8.79. The van der Waals surface area contributed by atoms with Crippen LogP contribution < -0.4 is 24.6 Å². The van der Waals surface area contributed by atoms with Gasteiger partial charge in [0.05, 0.1) is 38.2 Å². The minimum atomic E-state index is -0.884. The molecule has 0 saturated carbocycles. The Hall–Kier alpha value is -4.37. The second-order valence-corrected chi connectivity index (χ2v) is 13.1. The molecule has 12 nitrogen and oxygen atoms in total. The van der Waals surface area contributed by atoms with Crippen LogP contribution in [0.5, 0.6) is 11.5 Å². The number of nitro benzene ring substituents is 1. The fraction of sp³-hybridized carbons (Fsp3) is 0.200. The van der Waals surface area contributed by atoms with Crippen LogP contribution in [0.3, 0.4) is 0 Å². The van der Waals surface area contributed by atoms with Gasteiger partial charge in [-0.15, -0.1) is 0 Å². The number of carbonyl (C=O) groups excluding carboxylic acids is 3. The molecule has 0 unspecified atom stereocenters. The van der Waals surface area contributed by atoms with Crippen molar-refractivity contribution in [2.24, 2.45) is 5.92 Å². The maximum Gasteiger partial charge on any atom is 0.305 e. The number of thiazole rings is 1. The molecule has 0 radical (unpaired) electrons. The summed E-state index contributed by atoms with van der Waals surface area (Å²) in [5.74, 6) is -2.47. The average Bonchev–Trinajstić information content (AvgIpc) is 3.52. The van der Waals surface area contributed by atoms with E-state index in [9.17, 15) is 29.3 Å². The number of thioether (sulfide) groups is 1. The zero-order chi connectivity index (χ0) is 32.7. The van der Waals surface area contributed by atoms with Crippen molar-refractivity contribution in [1.82, 2.24) is 4.98 Å². The summed E-state index contributed by atoms with van der Waals surface area (Å²) in [6.07, 6.45) is 0. The van der Waals surface area contributed by atoms with Crippen LogP contribution in [0.2, 0.25) is 10.0 Å². The third-order valence-corrected chi connectivity index (χ3v) is 10.5. The highest BCUT2D eigenvalue weighted by atomic mass is 35.5. The summed E-state index contributed by atoms with van der Waals surface area (Å²) in [5.41, 5.74) is 1.07. The van der Waals surface area contributed by atoms with E-state index in [4.69, 9.17) is 32.7 Å². The van der Waals surface area contributed by atoms with Gasteiger partial charge in [0.15, 0.2) is 18.1 Å². The van der Waals surface area contributed by atoms with E-state index < -0.39 is 39.7 Å². The normalized spacial score (nSPS) is 18.6. The van der Waals surface area contributed by atoms with E-state index in [0.29, 0.717) is 31.9 Å². The van der Waals surface area contributed by atoms with Gasteiger partial charge in [-0.2, -0.15) is 0 Å². The molecule has 1 fully saturated rings. The highest BCUT2D eigenvalue weighted by Crippen LogP contribution is 2.54. The van der Waals surface area contributed by atoms with Crippen molar-refractivity contribution in [3.8, 4) is 11.5 Å². The van der Waals surface area contributed by atoms with Gasteiger partial charge in [-0.3, -0.25) is 29.3 Å². The van der Waals surface area contributed by atoms with E-state index >= 15 is 0 Å². The van der Waals surface area contributed by atoms with Crippen LogP contribution in [-0.2, 0) is 14.4 Å². The monoisotopic (exact) mass is 700 g/mol. The van der Waals surface area contributed by atoms with E-state index in [1.807, 2.05) is 0 Å². The Morgan fingerprint density at radius 3 is 2.46 bits per heavy atom. The molecular formula is C30H22Cl2N4O8S2. The van der Waals surface area contributed by atoms with Gasteiger partial charge in [-0.25, -0.2) is 4.90 Å². The molecule has 46 heavy (non-hydrogen) atoms. The zero-order valence-corrected chi connectivity index (χ0v) is 26.8. The van der Waals surface area contributed by atoms with Crippen LogP contribution in [0.4, 0.5) is 17.1 Å². The second-order valence-electron chi connectivity index (χ2n) is 10.1. The second kappa shape index (κ2) is 12.8. The van der Waals surface area contributed by atoms with E-state index in [1.165, 1.54) is 30.3 Å². The molecule has 3 amide bonds. The number of imide groups is 1. The van der Waals surface area contributed by atoms with E-state index in [0.717, 1.165) is 28.0 Å². The Morgan fingerprint density at radius 2 is 1.76 bits per heavy atom. The fourth-order valence-electron chi connectivity index (χ4n) is 5.37. The molecule has 3 heterocycles. The molecule has 0 bridgehead atoms. The minimum Gasteiger partial charge on any atom is -0.490 e. The smallest absolute Gasteiger partial charge is 0.305 e. The van der Waals surface area contributed by atoms with Crippen molar-refractivity contribution in [2.75, 3.05) is 23.4 Å². The summed E-state index contributed by atoms with van der Waals surface area (Å²) in [5, 5.41) is 14.1. The van der Waals surface area contributed by atoms with Gasteiger partial charge < -0.3 is 19.8 Å². The summed E-state index contributed by atoms with van der Waals surface area (Å²) in [4.78, 5) is 67.4. The number of benzene rings is 3. The molecule has 0 spiro atoms. The topological polar surface area (TPSA) is 161 Å². The van der Waals surface area contributed by atoms with Crippen molar-refractivity contribution in [2.45, 2.75) is 23.1 Å². The van der Waals surface area contributed by atoms with Crippen molar-refractivity contribution < 1.29 is 28.8 Å². The zero-order valence-electron chi connectivity index (χ0n) is 23.7. The molecule has 2 aliphatic rings. The first kappa shape index (κ1) is 31.6. The predicted octanol–water partition coefficient (Wildman–Crippen LogP) is 5.86. The Bertz CT molecular complexity index is 1950. The molecule has 3 atom stereocenters. The van der Waals surface area contributed by atoms with Crippen LogP contribution in [0.1, 0.15) is 23.3 Å². The molecule has 2 N–H and O–H groups in total. The van der Waals surface area contributed by atoms with Crippen LogP contribution >= 0.6 is 46.3 Å². The summed E-state index contributed by atoms with van der Waals surface area (Å²) >= 11 is 14.0. The molecule has 4 aromatic rings. The largest absolute Gasteiger partial charge is 0.490 e. The van der Waals surface area contributed by atoms with E-state index in [1.54, 1.807) is 37.3 Å². The van der Waals surface area contributed by atoms with Crippen molar-refractivity contribution in [3.05, 3.63) is 101 Å². The lowest BCUT2D eigenvalue weighted by Crippen LogP contribution is -2.32. The third-order valence-electron chi connectivity index (χ3n) is 7.33. The Labute approximate surface area is 278 Å². The molecule has 1 saturated heterocycles. The maximum atomic E-state index is 14.0. The van der Waals surface area contributed by atoms with Gasteiger partial charge in [0.1, 0.15) is 5.25 Å². The number of hydrogen-bond donors (Lipinski definition) is 2. The number of nitrogens with zero attached hydrogens (tertiary/aromatic N) is 2. The lowest BCUT2D eigenvalue weighted by atomic mass is 9.83. The molecule has 2 aliphatic heterocycles. The number of aromatic amines is 1. The highest BCUT2D eigenvalue weighted by Gasteiger charge is 2.56. The van der Waals surface area contributed by atoms with Crippen LogP contribution in [0, 0.1) is 16.0 Å². The van der Waals surface area contributed by atoms with E-state index in [-0.39, 0.29) is 40.2 Å². The van der Waals surface area contributed by atoms with Gasteiger partial charge in [0, 0.05) is 28.6 Å². The Morgan fingerprint density at radius 1 is 1.00 bits per heavy atom. The number of nitrogens with one attached hydrogen (secondary N) is 2. The molecular weight excluding hydrogens is 679 g/mol. The first-order chi connectivity index (χ1) is 22.0. The van der Waals surface area contributed by atoms with Crippen LogP contribution in [0.15, 0.2) is 70.5 Å². The molecule has 16 heteroatoms. The van der Waals surface area contributed by atoms with Crippen LogP contribution in [0.25, 0.3) is 0 Å². The van der Waals surface area contributed by atoms with Gasteiger partial charge in [0.2, 0.25) is 11.8 Å². The number of nitro groups is 1. The number of anilines is 2. The first-order valence-corrected chi connectivity index (χ1v) is 16.2. The number of aromatic nitrogens is 1. The standard InChI is InChI=1S/C30H22Cl2N4O8S2/c1-2-43-21-11-14(3-10-20(21)44-13-22(37)33-15-4-9-18(31)19(32)12-15)23-24-26(45-27-25(23)46-30(40)34-27)29(39)35(28(24)38)16-5-7-17(8-6-16)36(41)42/h3-12,23-24,26H,2,13H2,1H3,(H,33,37)(H,34,40)/t23-,24-,26+/m0/s1. The number of H-pyrrole nitrogens is 1. The van der Waals surface area contributed by atoms with Crippen molar-refractivity contribution >= 4 is 81.1 Å². The fourth-order valence-corrected chi connectivity index (χ4v) is 8.19. The minimum absolute atomic E-state index is 0.176. The van der Waals surface area contributed by atoms with Gasteiger partial charge in [0.25, 0.3) is 11.6 Å². The van der Waals surface area contributed by atoms with E-state index in [2.05, 4.69) is 10.3 Å². The lowest BCUT2D eigenvalue weighted by molar-refractivity contribution is -0.384. The number of halogens is 2. The highest BCUT2D eigenvalue weighted by molar-refractivity contribution is 8.00. The predicted molar refractivity (Wildman–Crippen MR) is 174 cm³/mol. The molecule has 236 valence electrons. The third kappa shape index (κ3) is 5.96. The summed E-state index contributed by atoms with van der Waals surface area (Å²) < 4.78 is 11.6. The Balaban J connectivity index is 1.30. The number of carbonyl (C=O) groups is 3. The average molecular weight is 702 g/mol. The molecule has 1 aromatic heterocycles. The molecule has 3 aromatic carbocycles. The molecule has 6 rings (SSSR count). The number of hydrogen-bond acceptors (Lipinski definition) is 10. The quantitative estimate of drug-likeness (QED) is 0.124. The summed E-state index contributed by atoms with van der Waals surface area (Å²) in [6, 6.07) is 14.8. The lowest BCUT2D eigenvalue weighted by Gasteiger charge is -2.30. The SMILES string of the molecule is CCOc1cc([C@@H]2c3sc(=O)[nH]c3S[C@H]3C(=O)N(c4ccc([N+](=O)[O-])cc4)C(=O)[C@@H]23)ccc1OCC(=O)Nc1ccc(Cl)c(Cl)c1. The number of fused-ring (bicyclic) bond motifs is 2. The number of rotatable bonds is 9. The number of amides is 3. The molecule has 0 aliphatic carbocycles. The summed E-state index contributed by atoms with van der Waals surface area (Å²) in [6.45, 7) is 1.68. The van der Waals surface area contributed by atoms with Crippen LogP contribution in [-0.4, -0.2) is 46.1 Å². The van der Waals surface area contributed by atoms with Gasteiger partial charge in [-0.1, -0.05) is 52.4 Å². The number of non-ortho nitro benzene ring substituents is 1. The van der Waals surface area contributed by atoms with Gasteiger partial charge >= 0.3 is 4.87 Å². The van der Waals surface area contributed by atoms with Gasteiger partial charge in [-0.05, 0) is 55.0 Å². The maximum absolute atomic E-state index is 14.0. The first-order valence-electron chi connectivity index (χ1n) is 13.7. The number of ether oxygens (including phenoxy) is 2. The van der Waals surface area contributed by atoms with Crippen molar-refractivity contribution in [3.63, 3.8) is 0 Å². The summed E-state index contributed by atoms with van der Waals surface area (Å²) in [7, 11) is 0.